The first-order valence-corrected chi connectivity index (χ1v) is 8.78. The van der Waals surface area contributed by atoms with Crippen LogP contribution in [0, 0.1) is 11.5 Å². The predicted octanol–water partition coefficient (Wildman–Crippen LogP) is 3.15. The van der Waals surface area contributed by atoms with Crippen LogP contribution in [-0.4, -0.2) is 13.9 Å². The van der Waals surface area contributed by atoms with Crippen molar-refractivity contribution in [1.29, 1.82) is 0 Å². The minimum atomic E-state index is -1.44. The Labute approximate surface area is 98.2 Å². The van der Waals surface area contributed by atoms with Gasteiger partial charge in [0.15, 0.2) is 0 Å². The van der Waals surface area contributed by atoms with Gasteiger partial charge in [-0.05, 0) is 17.6 Å². The highest BCUT2D eigenvalue weighted by molar-refractivity contribution is 6.84. The molecule has 0 saturated carbocycles. The molecule has 0 bridgehead atoms. The first kappa shape index (κ1) is 12.5. The molecule has 0 N–H and O–H groups in total. The first-order valence-electron chi connectivity index (χ1n) is 5.28. The Morgan fingerprint density at radius 1 is 1.19 bits per heavy atom. The summed E-state index contributed by atoms with van der Waals surface area (Å²) in [5, 5.41) is 0. The Morgan fingerprint density at radius 2 is 1.81 bits per heavy atom. The summed E-state index contributed by atoms with van der Waals surface area (Å²) in [6, 6.07) is 9.74. The van der Waals surface area contributed by atoms with Gasteiger partial charge in [-0.2, -0.15) is 0 Å². The molecule has 0 fully saturated rings. The molecule has 0 aromatic heterocycles. The maximum absolute atomic E-state index is 11.4. The van der Waals surface area contributed by atoms with Crippen molar-refractivity contribution in [2.24, 2.45) is 0 Å². The lowest BCUT2D eigenvalue weighted by molar-refractivity contribution is -0.109. The fourth-order valence-electron chi connectivity index (χ4n) is 1.03. The van der Waals surface area contributed by atoms with Crippen molar-refractivity contribution in [2.75, 3.05) is 0 Å². The molecule has 0 atom stereocenters. The van der Waals surface area contributed by atoms with Crippen LogP contribution in [0.3, 0.4) is 0 Å². The summed E-state index contributed by atoms with van der Waals surface area (Å²) >= 11 is 0. The van der Waals surface area contributed by atoms with Crippen LogP contribution in [0.1, 0.15) is 5.56 Å². The Hall–Kier alpha value is -1.59. The van der Waals surface area contributed by atoms with E-state index in [2.05, 4.69) is 31.1 Å². The molecular weight excluding hydrogens is 212 g/mol. The normalized spacial score (nSPS) is 10.9. The fraction of sp³-hybridized carbons (Fsp3) is 0.214. The smallest absolute Gasteiger partial charge is 0.228 e. The molecule has 0 aliphatic rings. The van der Waals surface area contributed by atoms with Crippen molar-refractivity contribution in [2.45, 2.75) is 19.6 Å². The maximum atomic E-state index is 11.4. The number of carbonyl (C=O) groups is 1. The average Bonchev–Trinajstić information content (AvgIpc) is 2.24. The third-order valence-electron chi connectivity index (χ3n) is 1.79. The molecule has 1 rings (SSSR count). The highest BCUT2D eigenvalue weighted by atomic mass is 28.3. The van der Waals surface area contributed by atoms with Crippen LogP contribution in [0.4, 0.5) is 0 Å². The van der Waals surface area contributed by atoms with E-state index in [0.717, 1.165) is 5.56 Å². The summed E-state index contributed by atoms with van der Waals surface area (Å²) < 4.78 is 0. The van der Waals surface area contributed by atoms with Crippen molar-refractivity contribution in [1.82, 2.24) is 0 Å². The zero-order valence-electron chi connectivity index (χ0n) is 9.95. The van der Waals surface area contributed by atoms with Crippen LogP contribution in [0.25, 0.3) is 6.08 Å². The maximum Gasteiger partial charge on any atom is 0.228 e. The van der Waals surface area contributed by atoms with Gasteiger partial charge in [-0.25, -0.2) is 0 Å². The summed E-state index contributed by atoms with van der Waals surface area (Å²) in [6.07, 6.45) is 3.32. The molecule has 16 heavy (non-hydrogen) atoms. The molecule has 0 unspecified atom stereocenters. The van der Waals surface area contributed by atoms with Gasteiger partial charge in [-0.1, -0.05) is 56.0 Å². The summed E-state index contributed by atoms with van der Waals surface area (Å²) in [5.74, 6) is 2.56. The van der Waals surface area contributed by atoms with Gasteiger partial charge in [0.2, 0.25) is 5.78 Å². The molecular formula is C14H16OSi. The van der Waals surface area contributed by atoms with E-state index in [1.165, 1.54) is 6.08 Å². The fourth-order valence-corrected chi connectivity index (χ4v) is 1.53. The van der Waals surface area contributed by atoms with E-state index in [1.807, 2.05) is 30.3 Å². The Morgan fingerprint density at radius 3 is 2.38 bits per heavy atom. The second kappa shape index (κ2) is 5.48. The molecule has 0 saturated heterocycles. The van der Waals surface area contributed by atoms with Gasteiger partial charge in [0.05, 0.1) is 0 Å². The average molecular weight is 228 g/mol. The van der Waals surface area contributed by atoms with Gasteiger partial charge >= 0.3 is 0 Å². The summed E-state index contributed by atoms with van der Waals surface area (Å²) in [7, 11) is -1.44. The van der Waals surface area contributed by atoms with Gasteiger partial charge in [0, 0.05) is 0 Å². The summed E-state index contributed by atoms with van der Waals surface area (Å²) in [4.78, 5) is 11.4. The molecule has 2 heteroatoms. The molecule has 1 aromatic rings. The van der Waals surface area contributed by atoms with Gasteiger partial charge in [0.25, 0.3) is 0 Å². The third-order valence-corrected chi connectivity index (χ3v) is 2.66. The van der Waals surface area contributed by atoms with E-state index in [9.17, 15) is 4.79 Å². The van der Waals surface area contributed by atoms with E-state index in [-0.39, 0.29) is 5.78 Å². The summed E-state index contributed by atoms with van der Waals surface area (Å²) in [5.41, 5.74) is 4.07. The van der Waals surface area contributed by atoms with E-state index >= 15 is 0 Å². The largest absolute Gasteiger partial charge is 0.280 e. The van der Waals surface area contributed by atoms with Crippen LogP contribution in [0.2, 0.25) is 19.6 Å². The minimum absolute atomic E-state index is 0.119. The van der Waals surface area contributed by atoms with Gasteiger partial charge < -0.3 is 0 Å². The quantitative estimate of drug-likeness (QED) is 0.432. The van der Waals surface area contributed by atoms with Crippen molar-refractivity contribution in [3.05, 3.63) is 42.0 Å². The van der Waals surface area contributed by atoms with Crippen LogP contribution >= 0.6 is 0 Å². The zero-order valence-corrected chi connectivity index (χ0v) is 10.9. The Bertz CT molecular complexity index is 441. The summed E-state index contributed by atoms with van der Waals surface area (Å²) in [6.45, 7) is 6.36. The molecule has 82 valence electrons. The lowest BCUT2D eigenvalue weighted by Crippen LogP contribution is -2.16. The van der Waals surface area contributed by atoms with Crippen LogP contribution in [0.15, 0.2) is 36.4 Å². The second-order valence-electron chi connectivity index (χ2n) is 4.61. The Balaban J connectivity index is 2.65. The van der Waals surface area contributed by atoms with E-state index in [1.54, 1.807) is 6.08 Å². The van der Waals surface area contributed by atoms with E-state index < -0.39 is 8.07 Å². The van der Waals surface area contributed by atoms with E-state index in [4.69, 9.17) is 0 Å². The molecule has 0 aliphatic carbocycles. The molecule has 0 spiro atoms. The molecule has 0 heterocycles. The molecule has 0 radical (unpaired) electrons. The SMILES string of the molecule is C[Si](C)(C)C#CC(=O)C=Cc1ccccc1. The number of hydrogen-bond acceptors (Lipinski definition) is 1. The van der Waals surface area contributed by atoms with Gasteiger partial charge in [0.1, 0.15) is 8.07 Å². The lowest BCUT2D eigenvalue weighted by atomic mass is 10.2. The standard InChI is InChI=1S/C14H16OSi/c1-16(2,3)12-11-14(15)10-9-13-7-5-4-6-8-13/h4-10H,1-3H3. The number of hydrogen-bond donors (Lipinski definition) is 0. The second-order valence-corrected chi connectivity index (χ2v) is 9.36. The number of ketones is 1. The van der Waals surface area contributed by atoms with Crippen molar-refractivity contribution >= 4 is 19.9 Å². The highest BCUT2D eigenvalue weighted by Gasteiger charge is 2.07. The molecule has 0 amide bonds. The number of rotatable bonds is 2. The molecule has 1 aromatic carbocycles. The van der Waals surface area contributed by atoms with Gasteiger partial charge in [-0.3, -0.25) is 4.79 Å². The first-order chi connectivity index (χ1) is 7.47. The van der Waals surface area contributed by atoms with Crippen LogP contribution in [0.5, 0.6) is 0 Å². The van der Waals surface area contributed by atoms with Crippen LogP contribution < -0.4 is 0 Å². The van der Waals surface area contributed by atoms with Crippen molar-refractivity contribution in [3.8, 4) is 11.5 Å². The predicted molar refractivity (Wildman–Crippen MR) is 71.6 cm³/mol. The number of carbonyl (C=O) groups excluding carboxylic acids is 1. The van der Waals surface area contributed by atoms with Gasteiger partial charge in [-0.15, -0.1) is 5.54 Å². The molecule has 0 aliphatic heterocycles. The molecule has 1 nitrogen and oxygen atoms in total. The van der Waals surface area contributed by atoms with E-state index in [0.29, 0.717) is 0 Å². The monoisotopic (exact) mass is 228 g/mol. The Kier molecular flexibility index (Phi) is 4.27. The van der Waals surface area contributed by atoms with Crippen molar-refractivity contribution in [3.63, 3.8) is 0 Å². The number of benzene rings is 1. The lowest BCUT2D eigenvalue weighted by Gasteiger charge is -2.02. The number of allylic oxidation sites excluding steroid dienone is 1. The van der Waals surface area contributed by atoms with Crippen molar-refractivity contribution < 1.29 is 4.79 Å². The zero-order chi connectivity index (χ0) is 12.0. The minimum Gasteiger partial charge on any atom is -0.280 e. The highest BCUT2D eigenvalue weighted by Crippen LogP contribution is 2.01. The topological polar surface area (TPSA) is 17.1 Å². The third kappa shape index (κ3) is 5.33. The van der Waals surface area contributed by atoms with Crippen LogP contribution in [-0.2, 0) is 4.79 Å².